The van der Waals surface area contributed by atoms with E-state index in [9.17, 15) is 4.79 Å². The first-order chi connectivity index (χ1) is 13.9. The maximum atomic E-state index is 12.1. The quantitative estimate of drug-likeness (QED) is 0.297. The third-order valence-electron chi connectivity index (χ3n) is 4.20. The molecule has 1 amide bonds. The molecule has 1 N–H and O–H groups in total. The lowest BCUT2D eigenvalue weighted by atomic mass is 10.0. The Bertz CT molecular complexity index is 995. The Hall–Kier alpha value is -2.38. The summed E-state index contributed by atoms with van der Waals surface area (Å²) < 4.78 is 7.91. The molecule has 0 radical (unpaired) electrons. The van der Waals surface area contributed by atoms with Crippen LogP contribution in [0.3, 0.4) is 0 Å². The average Bonchev–Trinajstić information content (AvgIpc) is 3.12. The Balaban J connectivity index is 1.49. The van der Waals surface area contributed by atoms with Crippen LogP contribution in [0.2, 0.25) is 0 Å². The van der Waals surface area contributed by atoms with Crippen molar-refractivity contribution in [2.45, 2.75) is 38.0 Å². The summed E-state index contributed by atoms with van der Waals surface area (Å²) in [6.45, 7) is 8.04. The number of thioether (sulfide) groups is 1. The first-order valence-electron chi connectivity index (χ1n) is 9.46. The molecule has 0 saturated carbocycles. The third kappa shape index (κ3) is 6.05. The van der Waals surface area contributed by atoms with E-state index in [4.69, 9.17) is 4.74 Å². The number of hydrogen-bond acceptors (Lipinski definition) is 6. The van der Waals surface area contributed by atoms with Crippen LogP contribution in [0.5, 0.6) is 5.75 Å². The van der Waals surface area contributed by atoms with Gasteiger partial charge in [-0.3, -0.25) is 4.79 Å². The van der Waals surface area contributed by atoms with Crippen molar-refractivity contribution in [3.05, 3.63) is 53.6 Å². The summed E-state index contributed by atoms with van der Waals surface area (Å²) in [7, 11) is 0. The zero-order valence-corrected chi connectivity index (χ0v) is 18.7. The molecular weight excluding hydrogens is 402 g/mol. The molecule has 29 heavy (non-hydrogen) atoms. The highest BCUT2D eigenvalue weighted by atomic mass is 32.2. The molecule has 0 aliphatic heterocycles. The number of hydrogen-bond donors (Lipinski definition) is 1. The number of aryl methyl sites for hydroxylation is 1. The van der Waals surface area contributed by atoms with Crippen LogP contribution in [0, 0.1) is 6.92 Å². The van der Waals surface area contributed by atoms with Gasteiger partial charge in [0.2, 0.25) is 0 Å². The number of benzene rings is 2. The van der Waals surface area contributed by atoms with Gasteiger partial charge in [0, 0.05) is 11.5 Å². The molecule has 152 valence electrons. The SMILES string of the molecule is C/C(CSc1nc2ccccc2s1)=N\NC(=O)COc1cc(C)ccc1C(C)C. The highest BCUT2D eigenvalue weighted by molar-refractivity contribution is 8.01. The van der Waals surface area contributed by atoms with Crippen molar-refractivity contribution in [3.63, 3.8) is 0 Å². The third-order valence-corrected chi connectivity index (χ3v) is 6.54. The molecule has 2 aromatic carbocycles. The molecule has 7 heteroatoms. The molecule has 0 atom stereocenters. The smallest absolute Gasteiger partial charge is 0.277 e. The second-order valence-electron chi connectivity index (χ2n) is 7.10. The van der Waals surface area contributed by atoms with Gasteiger partial charge in [-0.05, 0) is 49.1 Å². The number of aromatic nitrogens is 1. The molecular formula is C22H25N3O2S2. The number of fused-ring (bicyclic) bond motifs is 1. The Morgan fingerprint density at radius 1 is 1.28 bits per heavy atom. The first-order valence-corrected chi connectivity index (χ1v) is 11.3. The van der Waals surface area contributed by atoms with Crippen LogP contribution in [-0.2, 0) is 4.79 Å². The molecule has 1 heterocycles. The predicted octanol–water partition coefficient (Wildman–Crippen LogP) is 5.39. The number of nitrogens with zero attached hydrogens (tertiary/aromatic N) is 2. The van der Waals surface area contributed by atoms with Gasteiger partial charge in [-0.15, -0.1) is 11.3 Å². The number of amides is 1. The van der Waals surface area contributed by atoms with Crippen LogP contribution < -0.4 is 10.2 Å². The Morgan fingerprint density at radius 3 is 2.83 bits per heavy atom. The summed E-state index contributed by atoms with van der Waals surface area (Å²) in [5.74, 6) is 1.47. The zero-order chi connectivity index (χ0) is 20.8. The van der Waals surface area contributed by atoms with E-state index in [1.165, 1.54) is 4.70 Å². The summed E-state index contributed by atoms with van der Waals surface area (Å²) in [5, 5.41) is 4.17. The number of nitrogens with one attached hydrogen (secondary N) is 1. The molecule has 0 saturated heterocycles. The first kappa shape index (κ1) is 21.3. The Labute approximate surface area is 179 Å². The fourth-order valence-corrected chi connectivity index (χ4v) is 4.63. The van der Waals surface area contributed by atoms with E-state index in [2.05, 4.69) is 47.6 Å². The van der Waals surface area contributed by atoms with Crippen molar-refractivity contribution in [1.82, 2.24) is 10.4 Å². The second-order valence-corrected chi connectivity index (χ2v) is 9.36. The largest absolute Gasteiger partial charge is 0.483 e. The lowest BCUT2D eigenvalue weighted by Gasteiger charge is -2.14. The van der Waals surface area contributed by atoms with Gasteiger partial charge < -0.3 is 4.74 Å². The van der Waals surface area contributed by atoms with E-state index in [0.29, 0.717) is 11.7 Å². The number of thiazole rings is 1. The van der Waals surface area contributed by atoms with Crippen molar-refractivity contribution in [1.29, 1.82) is 0 Å². The van der Waals surface area contributed by atoms with Crippen molar-refractivity contribution in [2.75, 3.05) is 12.4 Å². The van der Waals surface area contributed by atoms with Crippen molar-refractivity contribution >= 4 is 44.9 Å². The number of carbonyl (C=O) groups is 1. The highest BCUT2D eigenvalue weighted by Gasteiger charge is 2.10. The van der Waals surface area contributed by atoms with Crippen molar-refractivity contribution in [3.8, 4) is 5.75 Å². The molecule has 0 fully saturated rings. The van der Waals surface area contributed by atoms with E-state index < -0.39 is 0 Å². The Kier molecular flexibility index (Phi) is 7.28. The molecule has 3 rings (SSSR count). The summed E-state index contributed by atoms with van der Waals surface area (Å²) >= 11 is 3.28. The van der Waals surface area contributed by atoms with Crippen LogP contribution in [0.4, 0.5) is 0 Å². The summed E-state index contributed by atoms with van der Waals surface area (Å²) in [5.41, 5.74) is 6.60. The molecule has 1 aromatic heterocycles. The van der Waals surface area contributed by atoms with Crippen LogP contribution >= 0.6 is 23.1 Å². The van der Waals surface area contributed by atoms with E-state index in [1.54, 1.807) is 23.1 Å². The fraction of sp³-hybridized carbons (Fsp3) is 0.318. The Morgan fingerprint density at radius 2 is 2.07 bits per heavy atom. The van der Waals surface area contributed by atoms with Gasteiger partial charge in [0.15, 0.2) is 10.9 Å². The van der Waals surface area contributed by atoms with E-state index >= 15 is 0 Å². The molecule has 0 spiro atoms. The van der Waals surface area contributed by atoms with Gasteiger partial charge in [-0.2, -0.15) is 5.10 Å². The minimum Gasteiger partial charge on any atom is -0.483 e. The lowest BCUT2D eigenvalue weighted by molar-refractivity contribution is -0.123. The highest BCUT2D eigenvalue weighted by Crippen LogP contribution is 2.29. The van der Waals surface area contributed by atoms with Crippen LogP contribution in [-0.4, -0.2) is 29.0 Å². The zero-order valence-electron chi connectivity index (χ0n) is 17.1. The van der Waals surface area contributed by atoms with Crippen LogP contribution in [0.15, 0.2) is 51.9 Å². The molecule has 0 aliphatic rings. The van der Waals surface area contributed by atoms with Gasteiger partial charge in [0.05, 0.1) is 10.2 Å². The van der Waals surface area contributed by atoms with E-state index in [0.717, 1.165) is 32.4 Å². The number of rotatable bonds is 8. The van der Waals surface area contributed by atoms with Gasteiger partial charge in [0.25, 0.3) is 5.91 Å². The molecule has 0 unspecified atom stereocenters. The maximum absolute atomic E-state index is 12.1. The molecule has 5 nitrogen and oxygen atoms in total. The monoisotopic (exact) mass is 427 g/mol. The van der Waals surface area contributed by atoms with Gasteiger partial charge in [-0.25, -0.2) is 10.4 Å². The van der Waals surface area contributed by atoms with Crippen LogP contribution in [0.1, 0.15) is 37.8 Å². The normalized spacial score (nSPS) is 11.8. The molecule has 0 bridgehead atoms. The minimum absolute atomic E-state index is 0.0645. The molecule has 3 aromatic rings. The van der Waals surface area contributed by atoms with Gasteiger partial charge in [-0.1, -0.05) is 49.9 Å². The number of hydrazone groups is 1. The fourth-order valence-electron chi connectivity index (χ4n) is 2.69. The number of para-hydroxylation sites is 1. The number of ether oxygens (including phenoxy) is 1. The van der Waals surface area contributed by atoms with Crippen molar-refractivity contribution in [2.24, 2.45) is 5.10 Å². The summed E-state index contributed by atoms with van der Waals surface area (Å²) in [6, 6.07) is 14.1. The average molecular weight is 428 g/mol. The summed E-state index contributed by atoms with van der Waals surface area (Å²) in [6.07, 6.45) is 0. The number of carbonyl (C=O) groups excluding carboxylic acids is 1. The van der Waals surface area contributed by atoms with Crippen LogP contribution in [0.25, 0.3) is 10.2 Å². The van der Waals surface area contributed by atoms with Gasteiger partial charge >= 0.3 is 0 Å². The lowest BCUT2D eigenvalue weighted by Crippen LogP contribution is -2.26. The van der Waals surface area contributed by atoms with Gasteiger partial charge in [0.1, 0.15) is 5.75 Å². The van der Waals surface area contributed by atoms with Crippen molar-refractivity contribution < 1.29 is 9.53 Å². The molecule has 0 aliphatic carbocycles. The predicted molar refractivity (Wildman–Crippen MR) is 122 cm³/mol. The minimum atomic E-state index is -0.273. The van der Waals surface area contributed by atoms with E-state index in [-0.39, 0.29) is 12.5 Å². The standard InChI is InChI=1S/C22H25N3O2S2/c1-14(2)17-10-9-15(3)11-19(17)27-12-21(26)25-24-16(4)13-28-22-23-18-7-5-6-8-20(18)29-22/h5-11,14H,12-13H2,1-4H3,(H,25,26)/b24-16+. The topological polar surface area (TPSA) is 63.6 Å². The van der Waals surface area contributed by atoms with E-state index in [1.807, 2.05) is 38.1 Å². The maximum Gasteiger partial charge on any atom is 0.277 e. The summed E-state index contributed by atoms with van der Waals surface area (Å²) in [4.78, 5) is 16.7. The second kappa shape index (κ2) is 9.89.